The fourth-order valence-corrected chi connectivity index (χ4v) is 3.36. The SMILES string of the molecule is CCCn1c(SCC2CC2(Cl)Cl)n[nH]c1=O. The topological polar surface area (TPSA) is 50.7 Å². The van der Waals surface area contributed by atoms with E-state index in [-0.39, 0.29) is 5.69 Å². The first-order chi connectivity index (χ1) is 7.54. The van der Waals surface area contributed by atoms with E-state index < -0.39 is 4.33 Å². The maximum atomic E-state index is 11.4. The number of aromatic amines is 1. The minimum atomic E-state index is -0.556. The van der Waals surface area contributed by atoms with Crippen LogP contribution in [-0.2, 0) is 6.54 Å². The van der Waals surface area contributed by atoms with E-state index >= 15 is 0 Å². The Morgan fingerprint density at radius 3 is 2.94 bits per heavy atom. The van der Waals surface area contributed by atoms with E-state index in [9.17, 15) is 4.79 Å². The van der Waals surface area contributed by atoms with Crippen LogP contribution in [0.25, 0.3) is 0 Å². The number of nitrogens with zero attached hydrogens (tertiary/aromatic N) is 2. The molecule has 2 rings (SSSR count). The highest BCUT2D eigenvalue weighted by atomic mass is 35.5. The number of nitrogens with one attached hydrogen (secondary N) is 1. The first-order valence-corrected chi connectivity index (χ1v) is 6.94. The molecular formula is C9H13Cl2N3OS. The number of alkyl halides is 2. The summed E-state index contributed by atoms with van der Waals surface area (Å²) in [5.41, 5.74) is -0.150. The molecule has 1 N–H and O–H groups in total. The van der Waals surface area contributed by atoms with Gasteiger partial charge in [-0.2, -0.15) is 0 Å². The Morgan fingerprint density at radius 2 is 2.38 bits per heavy atom. The quantitative estimate of drug-likeness (QED) is 0.665. The molecule has 0 saturated heterocycles. The lowest BCUT2D eigenvalue weighted by atomic mass is 10.5. The minimum absolute atomic E-state index is 0.150. The molecule has 1 fully saturated rings. The Kier molecular flexibility index (Phi) is 3.56. The normalized spacial score (nSPS) is 22.3. The van der Waals surface area contributed by atoms with Gasteiger partial charge in [-0.1, -0.05) is 18.7 Å². The van der Waals surface area contributed by atoms with E-state index in [4.69, 9.17) is 23.2 Å². The van der Waals surface area contributed by atoms with Crippen molar-refractivity contribution < 1.29 is 0 Å². The molecule has 0 bridgehead atoms. The van der Waals surface area contributed by atoms with Crippen LogP contribution in [0.15, 0.2) is 9.95 Å². The Morgan fingerprint density at radius 1 is 1.69 bits per heavy atom. The van der Waals surface area contributed by atoms with Crippen molar-refractivity contribution in [3.05, 3.63) is 10.5 Å². The van der Waals surface area contributed by atoms with Crippen molar-refractivity contribution in [2.75, 3.05) is 5.75 Å². The predicted molar refractivity (Wildman–Crippen MR) is 66.4 cm³/mol. The van der Waals surface area contributed by atoms with Gasteiger partial charge in [-0.3, -0.25) is 4.57 Å². The maximum absolute atomic E-state index is 11.4. The van der Waals surface area contributed by atoms with Crippen LogP contribution in [0.3, 0.4) is 0 Å². The molecule has 0 amide bonds. The smallest absolute Gasteiger partial charge is 0.270 e. The fraction of sp³-hybridized carbons (Fsp3) is 0.778. The van der Waals surface area contributed by atoms with Gasteiger partial charge in [-0.25, -0.2) is 9.89 Å². The van der Waals surface area contributed by atoms with Gasteiger partial charge >= 0.3 is 5.69 Å². The second-order valence-electron chi connectivity index (χ2n) is 3.94. The third-order valence-electron chi connectivity index (χ3n) is 2.54. The van der Waals surface area contributed by atoms with Crippen LogP contribution >= 0.6 is 35.0 Å². The van der Waals surface area contributed by atoms with Crippen molar-refractivity contribution in [1.82, 2.24) is 14.8 Å². The zero-order chi connectivity index (χ0) is 11.8. The predicted octanol–water partition coefficient (Wildman–Crippen LogP) is 2.27. The highest BCUT2D eigenvalue weighted by Crippen LogP contribution is 2.54. The van der Waals surface area contributed by atoms with Crippen molar-refractivity contribution in [3.63, 3.8) is 0 Å². The zero-order valence-electron chi connectivity index (χ0n) is 8.87. The number of hydrogen-bond acceptors (Lipinski definition) is 3. The fourth-order valence-electron chi connectivity index (χ4n) is 1.46. The zero-order valence-corrected chi connectivity index (χ0v) is 11.2. The highest BCUT2D eigenvalue weighted by Gasteiger charge is 2.51. The molecule has 7 heteroatoms. The monoisotopic (exact) mass is 281 g/mol. The van der Waals surface area contributed by atoms with Crippen LogP contribution in [-0.4, -0.2) is 24.9 Å². The van der Waals surface area contributed by atoms with Crippen molar-refractivity contribution in [1.29, 1.82) is 0 Å². The molecule has 1 aromatic heterocycles. The second-order valence-corrected chi connectivity index (χ2v) is 6.47. The van der Waals surface area contributed by atoms with Gasteiger partial charge in [0.1, 0.15) is 4.33 Å². The molecule has 1 aromatic rings. The van der Waals surface area contributed by atoms with Gasteiger partial charge < -0.3 is 0 Å². The number of rotatable bonds is 5. The molecule has 1 unspecified atom stereocenters. The number of aromatic nitrogens is 3. The van der Waals surface area contributed by atoms with Gasteiger partial charge in [0, 0.05) is 18.2 Å². The molecule has 0 radical (unpaired) electrons. The first kappa shape index (κ1) is 12.3. The summed E-state index contributed by atoms with van der Waals surface area (Å²) in [7, 11) is 0. The Hall–Kier alpha value is -0.130. The lowest BCUT2D eigenvalue weighted by molar-refractivity contribution is 0.603. The van der Waals surface area contributed by atoms with Gasteiger partial charge in [0.15, 0.2) is 5.16 Å². The second kappa shape index (κ2) is 4.63. The Balaban J connectivity index is 1.96. The molecular weight excluding hydrogens is 269 g/mol. The summed E-state index contributed by atoms with van der Waals surface area (Å²) >= 11 is 13.4. The summed E-state index contributed by atoms with van der Waals surface area (Å²) < 4.78 is 1.09. The molecule has 1 heterocycles. The van der Waals surface area contributed by atoms with E-state index in [0.717, 1.165) is 23.8 Å². The average molecular weight is 282 g/mol. The summed E-state index contributed by atoms with van der Waals surface area (Å²) in [6.07, 6.45) is 1.73. The summed E-state index contributed by atoms with van der Waals surface area (Å²) in [5.74, 6) is 1.11. The van der Waals surface area contributed by atoms with Gasteiger partial charge in [0.2, 0.25) is 0 Å². The molecule has 4 nitrogen and oxygen atoms in total. The van der Waals surface area contributed by atoms with Crippen LogP contribution in [0.2, 0.25) is 0 Å². The van der Waals surface area contributed by atoms with Gasteiger partial charge in [-0.15, -0.1) is 28.3 Å². The Bertz CT molecular complexity index is 429. The van der Waals surface area contributed by atoms with Crippen LogP contribution in [0.5, 0.6) is 0 Å². The summed E-state index contributed by atoms with van der Waals surface area (Å²) in [4.78, 5) is 11.4. The van der Waals surface area contributed by atoms with E-state index in [0.29, 0.717) is 12.5 Å². The van der Waals surface area contributed by atoms with E-state index in [1.54, 1.807) is 4.57 Å². The van der Waals surface area contributed by atoms with E-state index in [1.165, 1.54) is 11.8 Å². The van der Waals surface area contributed by atoms with Crippen molar-refractivity contribution >= 4 is 35.0 Å². The Labute approximate surface area is 108 Å². The van der Waals surface area contributed by atoms with Crippen LogP contribution in [0, 0.1) is 5.92 Å². The van der Waals surface area contributed by atoms with Crippen LogP contribution < -0.4 is 5.69 Å². The number of thioether (sulfide) groups is 1. The summed E-state index contributed by atoms with van der Waals surface area (Å²) in [6.45, 7) is 2.71. The number of halogens is 2. The molecule has 1 aliphatic rings. The van der Waals surface area contributed by atoms with E-state index in [1.807, 2.05) is 6.92 Å². The summed E-state index contributed by atoms with van der Waals surface area (Å²) in [5, 5.41) is 7.17. The maximum Gasteiger partial charge on any atom is 0.343 e. The molecule has 16 heavy (non-hydrogen) atoms. The largest absolute Gasteiger partial charge is 0.343 e. The third kappa shape index (κ3) is 2.57. The molecule has 0 aliphatic heterocycles. The molecule has 1 saturated carbocycles. The average Bonchev–Trinajstić information content (AvgIpc) is 2.68. The van der Waals surface area contributed by atoms with Gasteiger partial charge in [0.05, 0.1) is 0 Å². The molecule has 1 atom stereocenters. The van der Waals surface area contributed by atoms with Crippen LogP contribution in [0.1, 0.15) is 19.8 Å². The molecule has 90 valence electrons. The number of hydrogen-bond donors (Lipinski definition) is 1. The molecule has 0 aromatic carbocycles. The lowest BCUT2D eigenvalue weighted by Gasteiger charge is -2.03. The standard InChI is InChI=1S/C9H13Cl2N3OS/c1-2-3-14-7(15)12-13-8(14)16-5-6-4-9(6,10)11/h6H,2-5H2,1H3,(H,12,15). The van der Waals surface area contributed by atoms with E-state index in [2.05, 4.69) is 10.2 Å². The van der Waals surface area contributed by atoms with Crippen molar-refractivity contribution in [2.45, 2.75) is 35.8 Å². The number of H-pyrrole nitrogens is 1. The van der Waals surface area contributed by atoms with Crippen molar-refractivity contribution in [2.24, 2.45) is 5.92 Å². The third-order valence-corrected chi connectivity index (χ3v) is 4.60. The molecule has 0 spiro atoms. The molecule has 1 aliphatic carbocycles. The van der Waals surface area contributed by atoms with Gasteiger partial charge in [-0.05, 0) is 12.8 Å². The van der Waals surface area contributed by atoms with Crippen LogP contribution in [0.4, 0.5) is 0 Å². The van der Waals surface area contributed by atoms with Gasteiger partial charge in [0.25, 0.3) is 0 Å². The minimum Gasteiger partial charge on any atom is -0.270 e. The van der Waals surface area contributed by atoms with Crippen molar-refractivity contribution in [3.8, 4) is 0 Å². The highest BCUT2D eigenvalue weighted by molar-refractivity contribution is 7.99. The first-order valence-electron chi connectivity index (χ1n) is 5.20. The lowest BCUT2D eigenvalue weighted by Crippen LogP contribution is -2.17. The summed E-state index contributed by atoms with van der Waals surface area (Å²) in [6, 6.07) is 0.